The molecule has 32 heavy (non-hydrogen) atoms. The monoisotopic (exact) mass is 438 g/mol. The standard InChI is InChI=1S/C20H16F2N8O2/c1-10-8-14(21)15(22)9-13(10)11(2)24-26-20(31)16-17(12-6-4-3-5-7-12)30(29-25-16)19-18(23)27-32-28-19/h3-9H,1-2H3,(H2,23,27)(H,26,31). The first-order valence-electron chi connectivity index (χ1n) is 9.27. The number of hydrogen-bond donors (Lipinski definition) is 2. The van der Waals surface area contributed by atoms with E-state index in [4.69, 9.17) is 5.73 Å². The van der Waals surface area contributed by atoms with Gasteiger partial charge in [0.15, 0.2) is 17.3 Å². The summed E-state index contributed by atoms with van der Waals surface area (Å²) in [5, 5.41) is 19.1. The molecule has 10 nitrogen and oxygen atoms in total. The van der Waals surface area contributed by atoms with Crippen LogP contribution in [0.3, 0.4) is 0 Å². The number of aryl methyl sites for hydroxylation is 1. The minimum absolute atomic E-state index is 0.0401. The van der Waals surface area contributed by atoms with Gasteiger partial charge in [0.25, 0.3) is 5.91 Å². The number of aromatic nitrogens is 5. The SMILES string of the molecule is CC(=NNC(=O)c1nnn(-c2nonc2N)c1-c1ccccc1)c1cc(F)c(F)cc1C. The number of rotatable bonds is 5. The molecule has 2 heterocycles. The zero-order chi connectivity index (χ0) is 22.8. The second-order valence-electron chi connectivity index (χ2n) is 6.76. The van der Waals surface area contributed by atoms with Gasteiger partial charge >= 0.3 is 0 Å². The number of hydrazone groups is 1. The fraction of sp³-hybridized carbons (Fsp3) is 0.100. The largest absolute Gasteiger partial charge is 0.378 e. The van der Waals surface area contributed by atoms with Gasteiger partial charge in [-0.2, -0.15) is 9.78 Å². The maximum Gasteiger partial charge on any atom is 0.294 e. The van der Waals surface area contributed by atoms with Crippen molar-refractivity contribution in [2.75, 3.05) is 5.73 Å². The number of nitrogens with two attached hydrogens (primary N) is 1. The molecular weight excluding hydrogens is 422 g/mol. The Kier molecular flexibility index (Phi) is 5.41. The van der Waals surface area contributed by atoms with Gasteiger partial charge in [-0.25, -0.2) is 18.8 Å². The number of anilines is 1. The second kappa shape index (κ2) is 8.34. The first kappa shape index (κ1) is 20.8. The summed E-state index contributed by atoms with van der Waals surface area (Å²) in [6.45, 7) is 3.16. The van der Waals surface area contributed by atoms with E-state index < -0.39 is 17.5 Å². The van der Waals surface area contributed by atoms with Crippen molar-refractivity contribution in [3.63, 3.8) is 0 Å². The van der Waals surface area contributed by atoms with Crippen molar-refractivity contribution in [2.45, 2.75) is 13.8 Å². The van der Waals surface area contributed by atoms with Gasteiger partial charge in [0.05, 0.1) is 5.71 Å². The van der Waals surface area contributed by atoms with Gasteiger partial charge in [0.1, 0.15) is 5.69 Å². The van der Waals surface area contributed by atoms with Gasteiger partial charge in [-0.15, -0.1) is 5.10 Å². The molecule has 3 N–H and O–H groups in total. The normalized spacial score (nSPS) is 11.6. The summed E-state index contributed by atoms with van der Waals surface area (Å²) in [5.74, 6) is -2.65. The van der Waals surface area contributed by atoms with Gasteiger partial charge < -0.3 is 5.73 Å². The Hall–Kier alpha value is -4.48. The third kappa shape index (κ3) is 3.80. The third-order valence-corrected chi connectivity index (χ3v) is 4.61. The summed E-state index contributed by atoms with van der Waals surface area (Å²) in [6, 6.07) is 10.9. The number of hydrogen-bond acceptors (Lipinski definition) is 8. The van der Waals surface area contributed by atoms with Crippen LogP contribution in [-0.4, -0.2) is 36.9 Å². The summed E-state index contributed by atoms with van der Waals surface area (Å²) in [6.07, 6.45) is 0. The Morgan fingerprint density at radius 1 is 1.16 bits per heavy atom. The molecule has 2 aromatic carbocycles. The molecule has 0 saturated heterocycles. The number of nitrogen functional groups attached to an aromatic ring is 1. The fourth-order valence-electron chi connectivity index (χ4n) is 3.06. The summed E-state index contributed by atoms with van der Waals surface area (Å²) in [4.78, 5) is 12.9. The molecule has 0 spiro atoms. The van der Waals surface area contributed by atoms with E-state index in [1.807, 2.05) is 0 Å². The molecule has 4 aromatic rings. The highest BCUT2D eigenvalue weighted by atomic mass is 19.2. The Labute approximate surface area is 179 Å². The highest BCUT2D eigenvalue weighted by Crippen LogP contribution is 2.26. The molecule has 162 valence electrons. The van der Waals surface area contributed by atoms with Crippen molar-refractivity contribution in [1.82, 2.24) is 30.7 Å². The summed E-state index contributed by atoms with van der Waals surface area (Å²) in [7, 11) is 0. The number of halogens is 2. The van der Waals surface area contributed by atoms with Gasteiger partial charge in [0, 0.05) is 11.1 Å². The number of nitrogens with zero attached hydrogens (tertiary/aromatic N) is 6. The zero-order valence-corrected chi connectivity index (χ0v) is 16.9. The number of nitrogens with one attached hydrogen (secondary N) is 1. The summed E-state index contributed by atoms with van der Waals surface area (Å²) >= 11 is 0. The number of amides is 1. The minimum atomic E-state index is -1.01. The van der Waals surface area contributed by atoms with E-state index >= 15 is 0 Å². The van der Waals surface area contributed by atoms with Crippen molar-refractivity contribution in [1.29, 1.82) is 0 Å². The topological polar surface area (TPSA) is 137 Å². The van der Waals surface area contributed by atoms with Crippen LogP contribution in [0.2, 0.25) is 0 Å². The molecule has 0 aliphatic rings. The highest BCUT2D eigenvalue weighted by Gasteiger charge is 2.25. The van der Waals surface area contributed by atoms with Crippen molar-refractivity contribution in [3.8, 4) is 17.1 Å². The average Bonchev–Trinajstić information content (AvgIpc) is 3.40. The maximum atomic E-state index is 13.6. The molecule has 0 bridgehead atoms. The number of carbonyl (C=O) groups is 1. The van der Waals surface area contributed by atoms with Crippen molar-refractivity contribution >= 4 is 17.4 Å². The second-order valence-corrected chi connectivity index (χ2v) is 6.76. The quantitative estimate of drug-likeness (QED) is 0.361. The molecular formula is C20H16F2N8O2. The van der Waals surface area contributed by atoms with Crippen LogP contribution in [0.1, 0.15) is 28.5 Å². The molecule has 0 fully saturated rings. The van der Waals surface area contributed by atoms with E-state index in [1.54, 1.807) is 44.2 Å². The van der Waals surface area contributed by atoms with Crippen LogP contribution in [0, 0.1) is 18.6 Å². The van der Waals surface area contributed by atoms with E-state index in [1.165, 1.54) is 4.68 Å². The van der Waals surface area contributed by atoms with E-state index in [0.29, 0.717) is 16.7 Å². The van der Waals surface area contributed by atoms with Crippen LogP contribution in [0.25, 0.3) is 17.1 Å². The summed E-state index contributed by atoms with van der Waals surface area (Å²) in [5.41, 5.74) is 10.0. The Morgan fingerprint density at radius 2 is 1.88 bits per heavy atom. The van der Waals surface area contributed by atoms with E-state index in [0.717, 1.165) is 12.1 Å². The average molecular weight is 438 g/mol. The number of carbonyl (C=O) groups excluding carboxylic acids is 1. The zero-order valence-electron chi connectivity index (χ0n) is 16.9. The molecule has 4 rings (SSSR count). The molecule has 0 unspecified atom stereocenters. The Morgan fingerprint density at radius 3 is 2.56 bits per heavy atom. The first-order valence-corrected chi connectivity index (χ1v) is 9.27. The van der Waals surface area contributed by atoms with Crippen LogP contribution in [0.4, 0.5) is 14.6 Å². The molecule has 2 aromatic heterocycles. The molecule has 0 saturated carbocycles. The Balaban J connectivity index is 1.70. The minimum Gasteiger partial charge on any atom is -0.378 e. The van der Waals surface area contributed by atoms with E-state index in [-0.39, 0.29) is 28.7 Å². The van der Waals surface area contributed by atoms with Crippen molar-refractivity contribution < 1.29 is 18.2 Å². The Bertz CT molecular complexity index is 1330. The lowest BCUT2D eigenvalue weighted by molar-refractivity contribution is 0.0950. The molecule has 0 aliphatic carbocycles. The third-order valence-electron chi connectivity index (χ3n) is 4.61. The molecule has 12 heteroatoms. The fourth-order valence-corrected chi connectivity index (χ4v) is 3.06. The van der Waals surface area contributed by atoms with Crippen molar-refractivity contribution in [3.05, 3.63) is 70.9 Å². The summed E-state index contributed by atoms with van der Waals surface area (Å²) < 4.78 is 32.9. The number of benzene rings is 2. The van der Waals surface area contributed by atoms with Gasteiger partial charge in [-0.1, -0.05) is 35.5 Å². The lowest BCUT2D eigenvalue weighted by Gasteiger charge is -2.08. The van der Waals surface area contributed by atoms with Crippen LogP contribution in [-0.2, 0) is 0 Å². The lowest BCUT2D eigenvalue weighted by atomic mass is 10.0. The van der Waals surface area contributed by atoms with Crippen LogP contribution in [0.5, 0.6) is 0 Å². The molecule has 0 atom stereocenters. The van der Waals surface area contributed by atoms with Gasteiger partial charge in [-0.05, 0) is 41.9 Å². The van der Waals surface area contributed by atoms with Crippen LogP contribution in [0.15, 0.2) is 52.2 Å². The van der Waals surface area contributed by atoms with Crippen LogP contribution >= 0.6 is 0 Å². The van der Waals surface area contributed by atoms with Crippen LogP contribution < -0.4 is 11.2 Å². The predicted octanol–water partition coefficient (Wildman–Crippen LogP) is 2.64. The van der Waals surface area contributed by atoms with Crippen molar-refractivity contribution in [2.24, 2.45) is 5.10 Å². The van der Waals surface area contributed by atoms with E-state index in [2.05, 4.69) is 35.8 Å². The van der Waals surface area contributed by atoms with Gasteiger partial charge in [0.2, 0.25) is 11.6 Å². The smallest absolute Gasteiger partial charge is 0.294 e. The predicted molar refractivity (Wildman–Crippen MR) is 110 cm³/mol. The molecule has 0 aliphatic heterocycles. The van der Waals surface area contributed by atoms with Gasteiger partial charge in [-0.3, -0.25) is 4.79 Å². The maximum absolute atomic E-state index is 13.6. The molecule has 1 amide bonds. The first-order chi connectivity index (χ1) is 15.4. The highest BCUT2D eigenvalue weighted by molar-refractivity contribution is 6.02. The lowest BCUT2D eigenvalue weighted by Crippen LogP contribution is -2.21. The molecule has 0 radical (unpaired) electrons. The van der Waals surface area contributed by atoms with E-state index in [9.17, 15) is 13.6 Å².